The third-order valence-corrected chi connectivity index (χ3v) is 2.23. The van der Waals surface area contributed by atoms with Crippen LogP contribution in [0.5, 0.6) is 0 Å². The summed E-state index contributed by atoms with van der Waals surface area (Å²) in [6.45, 7) is 3.98. The molecule has 1 amide bonds. The number of anilines is 1. The van der Waals surface area contributed by atoms with Crippen LogP contribution in [0.25, 0.3) is 0 Å². The van der Waals surface area contributed by atoms with Crippen molar-refractivity contribution >= 4 is 11.9 Å². The zero-order valence-corrected chi connectivity index (χ0v) is 9.88. The zero-order chi connectivity index (χ0) is 12.7. The van der Waals surface area contributed by atoms with Gasteiger partial charge in [0, 0.05) is 32.6 Å². The number of likely N-dealkylation sites (N-methyl/N-ethyl adjacent to an activating group) is 1. The summed E-state index contributed by atoms with van der Waals surface area (Å²) in [7, 11) is 1.63. The molecule has 7 nitrogen and oxygen atoms in total. The number of amides is 1. The van der Waals surface area contributed by atoms with Gasteiger partial charge in [-0.3, -0.25) is 10.0 Å². The molecule has 0 fully saturated rings. The topological polar surface area (TPSA) is 87.6 Å². The number of methoxy groups -OCH3 is 1. The molecule has 0 aliphatic carbocycles. The molecule has 0 aromatic carbocycles. The number of rotatable bonds is 6. The minimum absolute atomic E-state index is 0.207. The number of hydrogen-bond acceptors (Lipinski definition) is 6. The Morgan fingerprint density at radius 3 is 2.65 bits per heavy atom. The lowest BCUT2D eigenvalue weighted by molar-refractivity contribution is 0.0705. The van der Waals surface area contributed by atoms with Crippen LogP contribution in [0.2, 0.25) is 0 Å². The van der Waals surface area contributed by atoms with Crippen LogP contribution in [0.4, 0.5) is 5.95 Å². The summed E-state index contributed by atoms with van der Waals surface area (Å²) in [4.78, 5) is 21.1. The maximum absolute atomic E-state index is 11.1. The highest BCUT2D eigenvalue weighted by Gasteiger charge is 2.09. The third-order valence-electron chi connectivity index (χ3n) is 2.23. The summed E-state index contributed by atoms with van der Waals surface area (Å²) < 4.78 is 4.98. The molecule has 0 bridgehead atoms. The van der Waals surface area contributed by atoms with Gasteiger partial charge in [0.1, 0.15) is 0 Å². The van der Waals surface area contributed by atoms with Gasteiger partial charge in [-0.1, -0.05) is 0 Å². The number of hydroxylamine groups is 1. The van der Waals surface area contributed by atoms with Crippen molar-refractivity contribution in [1.29, 1.82) is 0 Å². The zero-order valence-electron chi connectivity index (χ0n) is 9.88. The summed E-state index contributed by atoms with van der Waals surface area (Å²) in [6, 6.07) is 0. The summed E-state index contributed by atoms with van der Waals surface area (Å²) in [5, 5.41) is 8.45. The number of carbonyl (C=O) groups is 1. The summed E-state index contributed by atoms with van der Waals surface area (Å²) in [5.41, 5.74) is 1.73. The largest absolute Gasteiger partial charge is 0.383 e. The fourth-order valence-corrected chi connectivity index (χ4v) is 1.27. The first-order chi connectivity index (χ1) is 8.22. The Morgan fingerprint density at radius 2 is 2.18 bits per heavy atom. The van der Waals surface area contributed by atoms with Gasteiger partial charge in [-0.25, -0.2) is 15.4 Å². The lowest BCUT2D eigenvalue weighted by Gasteiger charge is -2.19. The van der Waals surface area contributed by atoms with Gasteiger partial charge in [-0.05, 0) is 6.92 Å². The Balaban J connectivity index is 2.74. The maximum Gasteiger partial charge on any atom is 0.277 e. The molecular formula is C10H16N4O3. The second kappa shape index (κ2) is 6.77. The Labute approximate surface area is 99.4 Å². The van der Waals surface area contributed by atoms with Crippen molar-refractivity contribution in [3.63, 3.8) is 0 Å². The normalized spacial score (nSPS) is 10.1. The summed E-state index contributed by atoms with van der Waals surface area (Å²) in [6.07, 6.45) is 2.73. The highest BCUT2D eigenvalue weighted by molar-refractivity contribution is 5.92. The highest BCUT2D eigenvalue weighted by atomic mass is 16.5. The van der Waals surface area contributed by atoms with Gasteiger partial charge in [-0.15, -0.1) is 0 Å². The molecule has 1 rings (SSSR count). The molecule has 0 unspecified atom stereocenters. The first-order valence-corrected chi connectivity index (χ1v) is 5.23. The molecule has 0 atom stereocenters. The number of ether oxygens (including phenoxy) is 1. The minimum atomic E-state index is -0.628. The molecule has 94 valence electrons. The van der Waals surface area contributed by atoms with Crippen LogP contribution < -0.4 is 10.4 Å². The van der Waals surface area contributed by atoms with Gasteiger partial charge in [0.25, 0.3) is 5.91 Å². The molecule has 2 N–H and O–H groups in total. The first kappa shape index (κ1) is 13.3. The monoisotopic (exact) mass is 240 g/mol. The van der Waals surface area contributed by atoms with Crippen molar-refractivity contribution in [3.05, 3.63) is 18.0 Å². The molecule has 0 radical (unpaired) electrons. The van der Waals surface area contributed by atoms with Gasteiger partial charge < -0.3 is 9.64 Å². The molecule has 1 aromatic heterocycles. The van der Waals surface area contributed by atoms with E-state index in [4.69, 9.17) is 9.94 Å². The molecule has 0 saturated heterocycles. The van der Waals surface area contributed by atoms with Crippen LogP contribution in [0.1, 0.15) is 17.3 Å². The highest BCUT2D eigenvalue weighted by Crippen LogP contribution is 2.06. The molecule has 1 aromatic rings. The average molecular weight is 240 g/mol. The van der Waals surface area contributed by atoms with E-state index in [2.05, 4.69) is 9.97 Å². The van der Waals surface area contributed by atoms with Crippen LogP contribution in [0.3, 0.4) is 0 Å². The van der Waals surface area contributed by atoms with Crippen molar-refractivity contribution in [2.45, 2.75) is 6.92 Å². The maximum atomic E-state index is 11.1. The lowest BCUT2D eigenvalue weighted by atomic mass is 10.3. The Bertz CT molecular complexity index is 355. The SMILES string of the molecule is CCN(CCOC)c1ncc(C(=O)NO)cn1. The Kier molecular flexibility index (Phi) is 5.31. The number of aromatic nitrogens is 2. The van der Waals surface area contributed by atoms with Gasteiger partial charge in [0.05, 0.1) is 12.2 Å². The molecule has 0 spiro atoms. The number of carbonyl (C=O) groups excluding carboxylic acids is 1. The molecule has 7 heteroatoms. The molecule has 1 heterocycles. The minimum Gasteiger partial charge on any atom is -0.383 e. The third kappa shape index (κ3) is 3.65. The fourth-order valence-electron chi connectivity index (χ4n) is 1.27. The predicted octanol–water partition coefficient (Wildman–Crippen LogP) is 0.0683. The standard InChI is InChI=1S/C10H16N4O3/c1-3-14(4-5-17-2)10-11-6-8(7-12-10)9(15)13-16/h6-7,16H,3-5H2,1-2H3,(H,13,15). The van der Waals surface area contributed by atoms with E-state index in [0.29, 0.717) is 19.1 Å². The average Bonchev–Trinajstić information content (AvgIpc) is 2.39. The summed E-state index contributed by atoms with van der Waals surface area (Å²) in [5.74, 6) is -0.101. The Morgan fingerprint density at radius 1 is 1.53 bits per heavy atom. The van der Waals surface area contributed by atoms with E-state index >= 15 is 0 Å². The molecule has 0 aliphatic rings. The van der Waals surface area contributed by atoms with Crippen molar-refractivity contribution in [2.24, 2.45) is 0 Å². The van der Waals surface area contributed by atoms with Crippen LogP contribution in [-0.2, 0) is 4.74 Å². The Hall–Kier alpha value is -1.73. The van der Waals surface area contributed by atoms with Crippen LogP contribution >= 0.6 is 0 Å². The van der Waals surface area contributed by atoms with Gasteiger partial charge in [0.15, 0.2) is 0 Å². The molecule has 0 aliphatic heterocycles. The number of hydrogen-bond donors (Lipinski definition) is 2. The van der Waals surface area contributed by atoms with Crippen molar-refractivity contribution in [1.82, 2.24) is 15.4 Å². The molecular weight excluding hydrogens is 224 g/mol. The molecule has 0 saturated carbocycles. The molecule has 17 heavy (non-hydrogen) atoms. The van der Waals surface area contributed by atoms with Crippen LogP contribution in [0.15, 0.2) is 12.4 Å². The van der Waals surface area contributed by atoms with E-state index < -0.39 is 5.91 Å². The van der Waals surface area contributed by atoms with E-state index in [1.807, 2.05) is 11.8 Å². The van der Waals surface area contributed by atoms with E-state index in [1.165, 1.54) is 17.9 Å². The predicted molar refractivity (Wildman–Crippen MR) is 61.0 cm³/mol. The van der Waals surface area contributed by atoms with Gasteiger partial charge >= 0.3 is 0 Å². The number of nitrogens with one attached hydrogen (secondary N) is 1. The van der Waals surface area contributed by atoms with Crippen LogP contribution in [0, 0.1) is 0 Å². The first-order valence-electron chi connectivity index (χ1n) is 5.23. The van der Waals surface area contributed by atoms with E-state index in [9.17, 15) is 4.79 Å². The van der Waals surface area contributed by atoms with Gasteiger partial charge in [-0.2, -0.15) is 0 Å². The smallest absolute Gasteiger partial charge is 0.277 e. The quantitative estimate of drug-likeness (QED) is 0.540. The van der Waals surface area contributed by atoms with Crippen molar-refractivity contribution in [2.75, 3.05) is 31.7 Å². The van der Waals surface area contributed by atoms with Crippen LogP contribution in [-0.4, -0.2) is 47.9 Å². The lowest BCUT2D eigenvalue weighted by Crippen LogP contribution is -2.29. The van der Waals surface area contributed by atoms with E-state index in [-0.39, 0.29) is 5.56 Å². The van der Waals surface area contributed by atoms with Gasteiger partial charge in [0.2, 0.25) is 5.95 Å². The van der Waals surface area contributed by atoms with Crippen molar-refractivity contribution in [3.8, 4) is 0 Å². The van der Waals surface area contributed by atoms with E-state index in [0.717, 1.165) is 6.54 Å². The second-order valence-corrected chi connectivity index (χ2v) is 3.29. The van der Waals surface area contributed by atoms with E-state index in [1.54, 1.807) is 7.11 Å². The van der Waals surface area contributed by atoms with Crippen molar-refractivity contribution < 1.29 is 14.7 Å². The fraction of sp³-hybridized carbons (Fsp3) is 0.500. The number of nitrogens with zero attached hydrogens (tertiary/aromatic N) is 3. The summed E-state index contributed by atoms with van der Waals surface area (Å²) >= 11 is 0. The second-order valence-electron chi connectivity index (χ2n) is 3.29.